The van der Waals surface area contributed by atoms with Gasteiger partial charge in [-0.25, -0.2) is 4.79 Å². The summed E-state index contributed by atoms with van der Waals surface area (Å²) in [5, 5.41) is 16.6. The number of aromatic nitrogens is 5. The summed E-state index contributed by atoms with van der Waals surface area (Å²) in [5.41, 5.74) is 1.63. The van der Waals surface area contributed by atoms with Crippen molar-refractivity contribution in [2.24, 2.45) is 0 Å². The van der Waals surface area contributed by atoms with Gasteiger partial charge in [-0.1, -0.05) is 19.3 Å². The predicted octanol–water partition coefficient (Wildman–Crippen LogP) is 2.74. The Labute approximate surface area is 181 Å². The van der Waals surface area contributed by atoms with E-state index in [4.69, 9.17) is 5.10 Å². The average molecular weight is 421 g/mol. The number of nitrogens with one attached hydrogen (secondary N) is 1. The van der Waals surface area contributed by atoms with E-state index in [0.717, 1.165) is 50.3 Å². The van der Waals surface area contributed by atoms with Crippen molar-refractivity contribution in [2.75, 3.05) is 31.1 Å². The molecule has 0 aromatic carbocycles. The SMILES string of the molecule is O=C(NC1CCCCC1)N1CCCN(c2ccc3nnc(-c4ccncc4)n3n2)CC1. The Hall–Kier alpha value is -3.23. The first-order chi connectivity index (χ1) is 15.3. The first-order valence-corrected chi connectivity index (χ1v) is 11.2. The maximum absolute atomic E-state index is 12.8. The van der Waals surface area contributed by atoms with Crippen LogP contribution < -0.4 is 10.2 Å². The predicted molar refractivity (Wildman–Crippen MR) is 118 cm³/mol. The van der Waals surface area contributed by atoms with Crippen LogP contribution in [0.4, 0.5) is 10.6 Å². The summed E-state index contributed by atoms with van der Waals surface area (Å²) in [5.74, 6) is 1.57. The summed E-state index contributed by atoms with van der Waals surface area (Å²) in [6.45, 7) is 3.07. The highest BCUT2D eigenvalue weighted by molar-refractivity contribution is 5.74. The fraction of sp³-hybridized carbons (Fsp3) is 0.500. The van der Waals surface area contributed by atoms with Gasteiger partial charge in [-0.15, -0.1) is 15.3 Å². The van der Waals surface area contributed by atoms with Gasteiger partial charge in [0.2, 0.25) is 0 Å². The molecule has 2 fully saturated rings. The molecule has 0 spiro atoms. The van der Waals surface area contributed by atoms with Crippen LogP contribution in [0.2, 0.25) is 0 Å². The average Bonchev–Trinajstić information content (AvgIpc) is 3.08. The molecular formula is C22H28N8O. The molecule has 9 nitrogen and oxygen atoms in total. The molecule has 0 atom stereocenters. The summed E-state index contributed by atoms with van der Waals surface area (Å²) in [6.07, 6.45) is 10.3. The number of anilines is 1. The van der Waals surface area contributed by atoms with Crippen LogP contribution in [0.3, 0.4) is 0 Å². The maximum atomic E-state index is 12.8. The molecule has 4 heterocycles. The number of fused-ring (bicyclic) bond motifs is 1. The van der Waals surface area contributed by atoms with Crippen LogP contribution in [0.1, 0.15) is 38.5 Å². The van der Waals surface area contributed by atoms with E-state index in [0.29, 0.717) is 24.1 Å². The first-order valence-electron chi connectivity index (χ1n) is 11.2. The van der Waals surface area contributed by atoms with E-state index in [-0.39, 0.29) is 6.03 Å². The molecule has 1 aliphatic heterocycles. The van der Waals surface area contributed by atoms with Crippen LogP contribution in [0, 0.1) is 0 Å². The van der Waals surface area contributed by atoms with Gasteiger partial charge in [0.15, 0.2) is 11.5 Å². The molecule has 3 aromatic rings. The Morgan fingerprint density at radius 2 is 1.74 bits per heavy atom. The van der Waals surface area contributed by atoms with Gasteiger partial charge in [-0.05, 0) is 43.5 Å². The van der Waals surface area contributed by atoms with Gasteiger partial charge in [-0.3, -0.25) is 4.98 Å². The summed E-state index contributed by atoms with van der Waals surface area (Å²) < 4.78 is 1.78. The zero-order valence-electron chi connectivity index (χ0n) is 17.7. The molecule has 2 amide bonds. The minimum Gasteiger partial charge on any atom is -0.353 e. The standard InChI is InChI=1S/C22H28N8O/c31-22(24-18-5-2-1-3-6-18)29-14-4-13-28(15-16-29)20-8-7-19-25-26-21(30(19)27-20)17-9-11-23-12-10-17/h7-12,18H,1-6,13-16H2,(H,24,31). The zero-order valence-corrected chi connectivity index (χ0v) is 17.7. The number of carbonyl (C=O) groups is 1. The van der Waals surface area contributed by atoms with E-state index in [2.05, 4.69) is 25.4 Å². The highest BCUT2D eigenvalue weighted by Gasteiger charge is 2.23. The van der Waals surface area contributed by atoms with Crippen LogP contribution in [0.25, 0.3) is 17.0 Å². The third kappa shape index (κ3) is 4.30. The lowest BCUT2D eigenvalue weighted by atomic mass is 9.96. The Morgan fingerprint density at radius 1 is 0.903 bits per heavy atom. The first kappa shape index (κ1) is 19.7. The second-order valence-electron chi connectivity index (χ2n) is 8.33. The Bertz CT molecular complexity index is 1030. The topological polar surface area (TPSA) is 91.5 Å². The normalized spacial score (nSPS) is 18.2. The van der Waals surface area contributed by atoms with Gasteiger partial charge in [0, 0.05) is 50.2 Å². The number of carbonyl (C=O) groups excluding carboxylic acids is 1. The molecule has 0 bridgehead atoms. The minimum absolute atomic E-state index is 0.0796. The van der Waals surface area contributed by atoms with Crippen LogP contribution in [-0.4, -0.2) is 67.9 Å². The zero-order chi connectivity index (χ0) is 21.0. The summed E-state index contributed by atoms with van der Waals surface area (Å²) >= 11 is 0. The molecule has 0 unspecified atom stereocenters. The molecule has 1 saturated carbocycles. The van der Waals surface area contributed by atoms with E-state index in [1.165, 1.54) is 19.3 Å². The number of hydrogen-bond donors (Lipinski definition) is 1. The van der Waals surface area contributed by atoms with E-state index in [1.54, 1.807) is 16.9 Å². The Balaban J connectivity index is 1.29. The largest absolute Gasteiger partial charge is 0.353 e. The van der Waals surface area contributed by atoms with Crippen molar-refractivity contribution in [3.8, 4) is 11.4 Å². The molecule has 1 saturated heterocycles. The molecule has 3 aromatic heterocycles. The van der Waals surface area contributed by atoms with Crippen molar-refractivity contribution in [2.45, 2.75) is 44.6 Å². The monoisotopic (exact) mass is 420 g/mol. The molecule has 1 aliphatic carbocycles. The maximum Gasteiger partial charge on any atom is 0.317 e. The van der Waals surface area contributed by atoms with E-state index in [9.17, 15) is 4.79 Å². The Morgan fingerprint density at radius 3 is 2.58 bits per heavy atom. The molecular weight excluding hydrogens is 392 g/mol. The smallest absolute Gasteiger partial charge is 0.317 e. The number of amides is 2. The van der Waals surface area contributed by atoms with Crippen LogP contribution >= 0.6 is 0 Å². The van der Waals surface area contributed by atoms with Crippen molar-refractivity contribution in [3.05, 3.63) is 36.7 Å². The Kier molecular flexibility index (Phi) is 5.64. The molecule has 9 heteroatoms. The van der Waals surface area contributed by atoms with Crippen molar-refractivity contribution < 1.29 is 4.79 Å². The van der Waals surface area contributed by atoms with Crippen LogP contribution in [-0.2, 0) is 0 Å². The molecule has 31 heavy (non-hydrogen) atoms. The van der Waals surface area contributed by atoms with Gasteiger partial charge in [0.25, 0.3) is 0 Å². The summed E-state index contributed by atoms with van der Waals surface area (Å²) in [4.78, 5) is 21.0. The fourth-order valence-electron chi connectivity index (χ4n) is 4.49. The quantitative estimate of drug-likeness (QED) is 0.701. The van der Waals surface area contributed by atoms with E-state index in [1.807, 2.05) is 29.2 Å². The third-order valence-corrected chi connectivity index (χ3v) is 6.23. The van der Waals surface area contributed by atoms with E-state index < -0.39 is 0 Å². The molecule has 162 valence electrons. The van der Waals surface area contributed by atoms with Crippen molar-refractivity contribution in [1.82, 2.24) is 35.0 Å². The van der Waals surface area contributed by atoms with Crippen molar-refractivity contribution in [3.63, 3.8) is 0 Å². The summed E-state index contributed by atoms with van der Waals surface area (Å²) in [7, 11) is 0. The second-order valence-corrected chi connectivity index (χ2v) is 8.33. The number of hydrogen-bond acceptors (Lipinski definition) is 6. The molecule has 5 rings (SSSR count). The van der Waals surface area contributed by atoms with Gasteiger partial charge in [0.1, 0.15) is 5.82 Å². The molecule has 0 radical (unpaired) electrons. The number of urea groups is 1. The fourth-order valence-corrected chi connectivity index (χ4v) is 4.49. The number of rotatable bonds is 3. The second kappa shape index (κ2) is 8.87. The lowest BCUT2D eigenvalue weighted by molar-refractivity contribution is 0.193. The van der Waals surface area contributed by atoms with Crippen molar-refractivity contribution >= 4 is 17.5 Å². The summed E-state index contributed by atoms with van der Waals surface area (Å²) in [6, 6.07) is 8.15. The highest BCUT2D eigenvalue weighted by atomic mass is 16.2. The van der Waals surface area contributed by atoms with Gasteiger partial charge < -0.3 is 15.1 Å². The number of pyridine rings is 1. The molecule has 1 N–H and O–H groups in total. The van der Waals surface area contributed by atoms with Gasteiger partial charge >= 0.3 is 6.03 Å². The highest BCUT2D eigenvalue weighted by Crippen LogP contribution is 2.21. The third-order valence-electron chi connectivity index (χ3n) is 6.23. The van der Waals surface area contributed by atoms with Crippen molar-refractivity contribution in [1.29, 1.82) is 0 Å². The minimum atomic E-state index is 0.0796. The van der Waals surface area contributed by atoms with E-state index >= 15 is 0 Å². The lowest BCUT2D eigenvalue weighted by Gasteiger charge is -2.27. The van der Waals surface area contributed by atoms with Crippen LogP contribution in [0.15, 0.2) is 36.7 Å². The van der Waals surface area contributed by atoms with Gasteiger partial charge in [0.05, 0.1) is 0 Å². The molecule has 2 aliphatic rings. The van der Waals surface area contributed by atoms with Crippen LogP contribution in [0.5, 0.6) is 0 Å². The lowest BCUT2D eigenvalue weighted by Crippen LogP contribution is -2.46. The van der Waals surface area contributed by atoms with Gasteiger partial charge in [-0.2, -0.15) is 4.52 Å². The number of nitrogens with zero attached hydrogens (tertiary/aromatic N) is 7.